The summed E-state index contributed by atoms with van der Waals surface area (Å²) in [6.07, 6.45) is 0.697. The summed E-state index contributed by atoms with van der Waals surface area (Å²) in [5.41, 5.74) is 1.46. The number of amides is 2. The first-order chi connectivity index (χ1) is 10.0. The lowest BCUT2D eigenvalue weighted by Crippen LogP contribution is -2.24. The fourth-order valence-electron chi connectivity index (χ4n) is 2.14. The predicted molar refractivity (Wildman–Crippen MR) is 76.7 cm³/mol. The van der Waals surface area contributed by atoms with E-state index < -0.39 is 17.8 Å². The van der Waals surface area contributed by atoms with Crippen LogP contribution in [0.5, 0.6) is 0 Å². The summed E-state index contributed by atoms with van der Waals surface area (Å²) in [5.74, 6) is -2.22. The average Bonchev–Trinajstić information content (AvgIpc) is 3.21. The highest BCUT2D eigenvalue weighted by Crippen LogP contribution is 2.39. The van der Waals surface area contributed by atoms with E-state index in [-0.39, 0.29) is 11.8 Å². The van der Waals surface area contributed by atoms with Crippen molar-refractivity contribution in [1.29, 1.82) is 0 Å². The third-order valence-electron chi connectivity index (χ3n) is 3.40. The van der Waals surface area contributed by atoms with Crippen LogP contribution in [0.25, 0.3) is 0 Å². The van der Waals surface area contributed by atoms with Gasteiger partial charge >= 0.3 is 5.97 Å². The highest BCUT2D eigenvalue weighted by atomic mass is 16.4. The molecule has 0 aliphatic heterocycles. The maximum absolute atomic E-state index is 11.8. The number of hydrogen-bond acceptors (Lipinski definition) is 3. The molecule has 2 rings (SSSR count). The van der Waals surface area contributed by atoms with Crippen LogP contribution in [-0.4, -0.2) is 29.4 Å². The normalized spacial score (nSPS) is 19.7. The average molecular weight is 290 g/mol. The highest BCUT2D eigenvalue weighted by molar-refractivity contribution is 5.98. The largest absolute Gasteiger partial charge is 0.481 e. The smallest absolute Gasteiger partial charge is 0.307 e. The van der Waals surface area contributed by atoms with Crippen molar-refractivity contribution in [2.75, 3.05) is 11.9 Å². The molecule has 0 saturated heterocycles. The molecule has 0 unspecified atom stereocenters. The molecule has 2 atom stereocenters. The minimum atomic E-state index is -0.924. The van der Waals surface area contributed by atoms with Gasteiger partial charge in [-0.25, -0.2) is 0 Å². The molecule has 1 aliphatic rings. The van der Waals surface area contributed by atoms with Crippen LogP contribution in [0, 0.1) is 11.8 Å². The van der Waals surface area contributed by atoms with Gasteiger partial charge in [0.25, 0.3) is 0 Å². The van der Waals surface area contributed by atoms with E-state index in [1.165, 1.54) is 0 Å². The molecule has 0 bridgehead atoms. The number of anilines is 1. The zero-order valence-electron chi connectivity index (χ0n) is 11.8. The van der Waals surface area contributed by atoms with E-state index in [0.29, 0.717) is 25.1 Å². The Morgan fingerprint density at radius 3 is 2.38 bits per heavy atom. The van der Waals surface area contributed by atoms with Crippen molar-refractivity contribution in [3.05, 3.63) is 29.8 Å². The van der Waals surface area contributed by atoms with Crippen LogP contribution >= 0.6 is 0 Å². The van der Waals surface area contributed by atoms with Crippen molar-refractivity contribution < 1.29 is 19.5 Å². The molecular formula is C15H18N2O4. The second-order valence-electron chi connectivity index (χ2n) is 5.10. The Bertz CT molecular complexity index is 553. The molecule has 1 fully saturated rings. The first-order valence-electron chi connectivity index (χ1n) is 6.90. The molecule has 1 aromatic rings. The summed E-state index contributed by atoms with van der Waals surface area (Å²) in [4.78, 5) is 33.9. The molecular weight excluding hydrogens is 272 g/mol. The summed E-state index contributed by atoms with van der Waals surface area (Å²) >= 11 is 0. The monoisotopic (exact) mass is 290 g/mol. The lowest BCUT2D eigenvalue weighted by molar-refractivity contribution is -0.139. The van der Waals surface area contributed by atoms with Crippen molar-refractivity contribution in [3.63, 3.8) is 0 Å². The molecule has 0 heterocycles. The van der Waals surface area contributed by atoms with Gasteiger partial charge < -0.3 is 15.7 Å². The number of benzene rings is 1. The van der Waals surface area contributed by atoms with Gasteiger partial charge in [-0.3, -0.25) is 14.4 Å². The Labute approximate surface area is 122 Å². The number of nitrogens with one attached hydrogen (secondary N) is 2. The van der Waals surface area contributed by atoms with Crippen LogP contribution in [0.1, 0.15) is 18.9 Å². The number of rotatable bonds is 6. The lowest BCUT2D eigenvalue weighted by Gasteiger charge is -2.06. The van der Waals surface area contributed by atoms with E-state index in [1.807, 2.05) is 6.92 Å². The maximum Gasteiger partial charge on any atom is 0.307 e. The number of carboxylic acids is 1. The Balaban J connectivity index is 1.87. The number of likely N-dealkylation sites (N-methyl/N-ethyl adjacent to an activating group) is 1. The van der Waals surface area contributed by atoms with Crippen LogP contribution in [0.4, 0.5) is 5.69 Å². The van der Waals surface area contributed by atoms with E-state index in [2.05, 4.69) is 10.6 Å². The molecule has 3 N–H and O–H groups in total. The Kier molecular flexibility index (Phi) is 4.57. The fourth-order valence-corrected chi connectivity index (χ4v) is 2.14. The van der Waals surface area contributed by atoms with Gasteiger partial charge in [0.15, 0.2) is 0 Å². The van der Waals surface area contributed by atoms with E-state index in [1.54, 1.807) is 24.3 Å². The van der Waals surface area contributed by atoms with E-state index in [9.17, 15) is 14.4 Å². The quantitative estimate of drug-likeness (QED) is 0.729. The Morgan fingerprint density at radius 1 is 1.19 bits per heavy atom. The van der Waals surface area contributed by atoms with Gasteiger partial charge in [0.2, 0.25) is 11.8 Å². The number of carbonyl (C=O) groups excluding carboxylic acids is 2. The van der Waals surface area contributed by atoms with Gasteiger partial charge in [-0.05, 0) is 31.0 Å². The molecule has 0 radical (unpaired) electrons. The number of carbonyl (C=O) groups is 3. The maximum atomic E-state index is 11.8. The fraction of sp³-hybridized carbons (Fsp3) is 0.400. The molecule has 21 heavy (non-hydrogen) atoms. The minimum Gasteiger partial charge on any atom is -0.481 e. The van der Waals surface area contributed by atoms with Crippen LogP contribution in [0.3, 0.4) is 0 Å². The van der Waals surface area contributed by atoms with Crippen molar-refractivity contribution in [1.82, 2.24) is 5.32 Å². The number of carboxylic acid groups (broad SMARTS) is 1. The van der Waals surface area contributed by atoms with Crippen molar-refractivity contribution in [3.8, 4) is 0 Å². The van der Waals surface area contributed by atoms with Crippen molar-refractivity contribution >= 4 is 23.5 Å². The summed E-state index contributed by atoms with van der Waals surface area (Å²) in [6.45, 7) is 2.46. The molecule has 0 spiro atoms. The molecule has 1 aliphatic carbocycles. The van der Waals surface area contributed by atoms with Gasteiger partial charge in [0.05, 0.1) is 18.3 Å². The standard InChI is InChI=1S/C15H18N2O4/c1-2-16-13(18)7-9-3-5-10(6-4-9)17-14(19)11-8-12(11)15(20)21/h3-6,11-12H,2,7-8H2,1H3,(H,16,18)(H,17,19)(H,20,21)/t11-,12+/m1/s1. The van der Waals surface area contributed by atoms with E-state index in [4.69, 9.17) is 5.11 Å². The number of aliphatic carboxylic acids is 1. The van der Waals surface area contributed by atoms with E-state index in [0.717, 1.165) is 5.56 Å². The molecule has 2 amide bonds. The molecule has 0 aromatic heterocycles. The molecule has 6 nitrogen and oxygen atoms in total. The van der Waals surface area contributed by atoms with Gasteiger partial charge in [0, 0.05) is 12.2 Å². The van der Waals surface area contributed by atoms with Gasteiger partial charge in [-0.2, -0.15) is 0 Å². The van der Waals surface area contributed by atoms with Gasteiger partial charge in [-0.1, -0.05) is 12.1 Å². The predicted octanol–water partition coefficient (Wildman–Crippen LogP) is 1.02. The third kappa shape index (κ3) is 4.05. The van der Waals surface area contributed by atoms with Crippen molar-refractivity contribution in [2.45, 2.75) is 19.8 Å². The molecule has 112 valence electrons. The topological polar surface area (TPSA) is 95.5 Å². The summed E-state index contributed by atoms with van der Waals surface area (Å²) in [6, 6.07) is 6.97. The second-order valence-corrected chi connectivity index (χ2v) is 5.10. The zero-order chi connectivity index (χ0) is 15.4. The third-order valence-corrected chi connectivity index (χ3v) is 3.40. The molecule has 6 heteroatoms. The molecule has 1 aromatic carbocycles. The van der Waals surface area contributed by atoms with Crippen LogP contribution in [0.15, 0.2) is 24.3 Å². The first-order valence-corrected chi connectivity index (χ1v) is 6.90. The van der Waals surface area contributed by atoms with Crippen LogP contribution in [-0.2, 0) is 20.8 Å². The SMILES string of the molecule is CCNC(=O)Cc1ccc(NC(=O)[C@@H]2C[C@@H]2C(=O)O)cc1. The summed E-state index contributed by atoms with van der Waals surface area (Å²) in [7, 11) is 0. The van der Waals surface area contributed by atoms with Crippen LogP contribution in [0.2, 0.25) is 0 Å². The first kappa shape index (κ1) is 15.0. The minimum absolute atomic E-state index is 0.0448. The van der Waals surface area contributed by atoms with Crippen molar-refractivity contribution in [2.24, 2.45) is 11.8 Å². The number of hydrogen-bond donors (Lipinski definition) is 3. The van der Waals surface area contributed by atoms with Gasteiger partial charge in [0.1, 0.15) is 0 Å². The van der Waals surface area contributed by atoms with Gasteiger partial charge in [-0.15, -0.1) is 0 Å². The second kappa shape index (κ2) is 6.39. The van der Waals surface area contributed by atoms with Crippen LogP contribution < -0.4 is 10.6 Å². The molecule has 1 saturated carbocycles. The lowest BCUT2D eigenvalue weighted by atomic mass is 10.1. The highest BCUT2D eigenvalue weighted by Gasteiger charge is 2.48. The Hall–Kier alpha value is -2.37. The summed E-state index contributed by atoms with van der Waals surface area (Å²) < 4.78 is 0. The zero-order valence-corrected chi connectivity index (χ0v) is 11.8. The van der Waals surface area contributed by atoms with E-state index >= 15 is 0 Å². The Morgan fingerprint density at radius 2 is 1.86 bits per heavy atom. The summed E-state index contributed by atoms with van der Waals surface area (Å²) in [5, 5.41) is 14.2.